The van der Waals surface area contributed by atoms with Crippen LogP contribution in [0.1, 0.15) is 17.9 Å². The average molecular weight is 308 g/mol. The maximum Gasteiger partial charge on any atom is 0.0451 e. The maximum absolute atomic E-state index is 6.18. The van der Waals surface area contributed by atoms with E-state index in [1.807, 2.05) is 6.07 Å². The molecule has 1 aliphatic rings. The molecule has 1 nitrogen and oxygen atoms in total. The molecule has 0 spiro atoms. The van der Waals surface area contributed by atoms with E-state index < -0.39 is 0 Å². The van der Waals surface area contributed by atoms with Gasteiger partial charge in [0.2, 0.25) is 0 Å². The summed E-state index contributed by atoms with van der Waals surface area (Å²) in [5, 5.41) is 4.27. The Kier molecular flexibility index (Phi) is 3.11. The minimum absolute atomic E-state index is 0.615. The maximum atomic E-state index is 6.18. The molecule has 3 heteroatoms. The third-order valence-electron chi connectivity index (χ3n) is 2.46. The first-order valence-corrected chi connectivity index (χ1v) is 5.88. The van der Waals surface area contributed by atoms with Crippen LogP contribution >= 0.6 is 34.2 Å². The summed E-state index contributed by atoms with van der Waals surface area (Å²) < 4.78 is 1.21. The van der Waals surface area contributed by atoms with Crippen molar-refractivity contribution < 1.29 is 0 Å². The van der Waals surface area contributed by atoms with Gasteiger partial charge in [-0.1, -0.05) is 17.7 Å². The average Bonchev–Trinajstić information content (AvgIpc) is 2.56. The SMILES string of the molecule is Clc1cc(I)ccc1[C@@H]1CCNC1. The molecule has 0 radical (unpaired) electrons. The van der Waals surface area contributed by atoms with Crippen molar-refractivity contribution in [2.75, 3.05) is 13.1 Å². The zero-order valence-electron chi connectivity index (χ0n) is 7.19. The van der Waals surface area contributed by atoms with Crippen LogP contribution in [-0.4, -0.2) is 13.1 Å². The van der Waals surface area contributed by atoms with Crippen molar-refractivity contribution in [3.63, 3.8) is 0 Å². The van der Waals surface area contributed by atoms with Gasteiger partial charge in [0.15, 0.2) is 0 Å². The fraction of sp³-hybridized carbons (Fsp3) is 0.400. The molecular formula is C10H11ClIN. The summed E-state index contributed by atoms with van der Waals surface area (Å²) >= 11 is 8.46. The number of hydrogen-bond acceptors (Lipinski definition) is 1. The van der Waals surface area contributed by atoms with Crippen LogP contribution < -0.4 is 5.32 Å². The third-order valence-corrected chi connectivity index (χ3v) is 3.46. The van der Waals surface area contributed by atoms with Gasteiger partial charge in [-0.3, -0.25) is 0 Å². The molecule has 1 heterocycles. The first kappa shape index (κ1) is 9.74. The van der Waals surface area contributed by atoms with Crippen LogP contribution in [0.4, 0.5) is 0 Å². The van der Waals surface area contributed by atoms with E-state index in [1.54, 1.807) is 0 Å². The highest BCUT2D eigenvalue weighted by atomic mass is 127. The first-order valence-electron chi connectivity index (χ1n) is 4.43. The Morgan fingerprint density at radius 2 is 2.31 bits per heavy atom. The largest absolute Gasteiger partial charge is 0.316 e. The van der Waals surface area contributed by atoms with Crippen molar-refractivity contribution in [1.82, 2.24) is 5.32 Å². The Morgan fingerprint density at radius 1 is 1.46 bits per heavy atom. The van der Waals surface area contributed by atoms with E-state index in [4.69, 9.17) is 11.6 Å². The standard InChI is InChI=1S/C10H11ClIN/c11-10-5-8(12)1-2-9(10)7-3-4-13-6-7/h1-2,5,7,13H,3-4,6H2/t7-/m1/s1. The molecule has 1 aromatic carbocycles. The highest BCUT2D eigenvalue weighted by Gasteiger charge is 2.18. The Bertz CT molecular complexity index is 308. The second-order valence-corrected chi connectivity index (χ2v) is 5.01. The molecule has 1 aliphatic heterocycles. The quantitative estimate of drug-likeness (QED) is 0.787. The molecule has 70 valence electrons. The van der Waals surface area contributed by atoms with Crippen LogP contribution in [0.5, 0.6) is 0 Å². The lowest BCUT2D eigenvalue weighted by Crippen LogP contribution is -2.08. The predicted octanol–water partition coefficient (Wildman–Crippen LogP) is 3.02. The number of halogens is 2. The van der Waals surface area contributed by atoms with Crippen molar-refractivity contribution in [2.24, 2.45) is 0 Å². The van der Waals surface area contributed by atoms with E-state index in [1.165, 1.54) is 15.6 Å². The lowest BCUT2D eigenvalue weighted by Gasteiger charge is -2.10. The molecule has 0 unspecified atom stereocenters. The van der Waals surface area contributed by atoms with Crippen molar-refractivity contribution in [1.29, 1.82) is 0 Å². The van der Waals surface area contributed by atoms with E-state index in [9.17, 15) is 0 Å². The van der Waals surface area contributed by atoms with Gasteiger partial charge in [-0.15, -0.1) is 0 Å². The Hall–Kier alpha value is 0.200. The zero-order chi connectivity index (χ0) is 9.26. The molecule has 0 saturated carbocycles. The van der Waals surface area contributed by atoms with Crippen molar-refractivity contribution >= 4 is 34.2 Å². The van der Waals surface area contributed by atoms with Gasteiger partial charge in [0.25, 0.3) is 0 Å². The summed E-state index contributed by atoms with van der Waals surface area (Å²) in [5.74, 6) is 0.615. The predicted molar refractivity (Wildman–Crippen MR) is 64.4 cm³/mol. The minimum atomic E-state index is 0.615. The molecule has 13 heavy (non-hydrogen) atoms. The molecule has 1 saturated heterocycles. The smallest absolute Gasteiger partial charge is 0.0451 e. The molecule has 1 atom stereocenters. The summed E-state index contributed by atoms with van der Waals surface area (Å²) in [6.07, 6.45) is 1.21. The van der Waals surface area contributed by atoms with E-state index >= 15 is 0 Å². The number of rotatable bonds is 1. The van der Waals surface area contributed by atoms with Gasteiger partial charge in [-0.05, 0) is 59.2 Å². The molecule has 0 bridgehead atoms. The van der Waals surface area contributed by atoms with E-state index in [0.717, 1.165) is 18.1 Å². The topological polar surface area (TPSA) is 12.0 Å². The summed E-state index contributed by atoms with van der Waals surface area (Å²) in [7, 11) is 0. The van der Waals surface area contributed by atoms with Crippen molar-refractivity contribution in [3.05, 3.63) is 32.4 Å². The van der Waals surface area contributed by atoms with E-state index in [-0.39, 0.29) is 0 Å². The third kappa shape index (κ3) is 2.17. The molecule has 1 fully saturated rings. The van der Waals surface area contributed by atoms with Crippen LogP contribution in [0.15, 0.2) is 18.2 Å². The number of benzene rings is 1. The van der Waals surface area contributed by atoms with Crippen LogP contribution in [0.3, 0.4) is 0 Å². The van der Waals surface area contributed by atoms with Gasteiger partial charge in [0.05, 0.1) is 0 Å². The number of nitrogens with one attached hydrogen (secondary N) is 1. The second-order valence-electron chi connectivity index (χ2n) is 3.36. The molecule has 1 aromatic rings. The Labute approximate surface area is 97.0 Å². The zero-order valence-corrected chi connectivity index (χ0v) is 10.1. The molecule has 0 aliphatic carbocycles. The molecule has 1 N–H and O–H groups in total. The molecular weight excluding hydrogens is 296 g/mol. The lowest BCUT2D eigenvalue weighted by molar-refractivity contribution is 0.763. The fourth-order valence-corrected chi connectivity index (χ4v) is 2.76. The lowest BCUT2D eigenvalue weighted by atomic mass is 9.99. The fourth-order valence-electron chi connectivity index (χ4n) is 1.75. The molecule has 0 amide bonds. The second kappa shape index (κ2) is 4.15. The monoisotopic (exact) mass is 307 g/mol. The highest BCUT2D eigenvalue weighted by molar-refractivity contribution is 14.1. The summed E-state index contributed by atoms with van der Waals surface area (Å²) in [6, 6.07) is 6.32. The Balaban J connectivity index is 2.29. The Morgan fingerprint density at radius 3 is 2.92 bits per heavy atom. The summed E-state index contributed by atoms with van der Waals surface area (Å²) in [4.78, 5) is 0. The van der Waals surface area contributed by atoms with Crippen molar-refractivity contribution in [2.45, 2.75) is 12.3 Å². The van der Waals surface area contributed by atoms with Crippen LogP contribution in [-0.2, 0) is 0 Å². The van der Waals surface area contributed by atoms with Gasteiger partial charge >= 0.3 is 0 Å². The summed E-state index contributed by atoms with van der Waals surface area (Å²) in [6.45, 7) is 2.19. The van der Waals surface area contributed by atoms with Crippen LogP contribution in [0.2, 0.25) is 5.02 Å². The molecule has 0 aromatic heterocycles. The van der Waals surface area contributed by atoms with Gasteiger partial charge in [0.1, 0.15) is 0 Å². The van der Waals surface area contributed by atoms with Gasteiger partial charge in [0, 0.05) is 15.1 Å². The van der Waals surface area contributed by atoms with Crippen LogP contribution in [0, 0.1) is 3.57 Å². The highest BCUT2D eigenvalue weighted by Crippen LogP contribution is 2.29. The van der Waals surface area contributed by atoms with Crippen molar-refractivity contribution in [3.8, 4) is 0 Å². The first-order chi connectivity index (χ1) is 6.27. The van der Waals surface area contributed by atoms with Crippen LogP contribution in [0.25, 0.3) is 0 Å². The van der Waals surface area contributed by atoms with Gasteiger partial charge in [-0.2, -0.15) is 0 Å². The normalized spacial score (nSPS) is 22.2. The van der Waals surface area contributed by atoms with Gasteiger partial charge in [-0.25, -0.2) is 0 Å². The van der Waals surface area contributed by atoms with Gasteiger partial charge < -0.3 is 5.32 Å². The molecule has 2 rings (SSSR count). The minimum Gasteiger partial charge on any atom is -0.316 e. The van der Waals surface area contributed by atoms with E-state index in [0.29, 0.717) is 5.92 Å². The summed E-state index contributed by atoms with van der Waals surface area (Å²) in [5.41, 5.74) is 1.30. The number of hydrogen-bond donors (Lipinski definition) is 1. The van der Waals surface area contributed by atoms with E-state index in [2.05, 4.69) is 40.0 Å².